The van der Waals surface area contributed by atoms with E-state index in [0.717, 1.165) is 11.1 Å². The van der Waals surface area contributed by atoms with Crippen LogP contribution < -0.4 is 16.6 Å². The second-order valence-electron chi connectivity index (χ2n) is 4.93. The summed E-state index contributed by atoms with van der Waals surface area (Å²) in [7, 11) is 0. The van der Waals surface area contributed by atoms with Crippen LogP contribution in [0.25, 0.3) is 10.9 Å². The number of nitrogens with two attached hydrogens (primary N) is 1. The number of rotatable bonds is 1. The van der Waals surface area contributed by atoms with E-state index in [4.69, 9.17) is 5.73 Å². The van der Waals surface area contributed by atoms with E-state index in [1.807, 2.05) is 34.9 Å². The number of hydrogen-bond acceptors (Lipinski definition) is 6. The molecule has 7 nitrogen and oxygen atoms in total. The minimum Gasteiger partial charge on any atom is -0.370 e. The van der Waals surface area contributed by atoms with Gasteiger partial charge in [-0.05, 0) is 18.2 Å². The lowest BCUT2D eigenvalue weighted by molar-refractivity contribution is 0.613. The Hall–Kier alpha value is -3.22. The SMILES string of the molecule is NC1=N[C@@H](c2cccnc2)n2c(nc(=O)c3ccccc32)N1. The number of nitrogens with zero attached hydrogens (tertiary/aromatic N) is 4. The summed E-state index contributed by atoms with van der Waals surface area (Å²) < 4.78 is 1.85. The highest BCUT2D eigenvalue weighted by Crippen LogP contribution is 2.29. The van der Waals surface area contributed by atoms with Crippen LogP contribution in [-0.2, 0) is 0 Å². The molecule has 0 aliphatic carbocycles. The Bertz CT molecular complexity index is 947. The highest BCUT2D eigenvalue weighted by Gasteiger charge is 2.24. The lowest BCUT2D eigenvalue weighted by Gasteiger charge is -2.26. The average molecular weight is 292 g/mol. The topological polar surface area (TPSA) is 98.2 Å². The van der Waals surface area contributed by atoms with Gasteiger partial charge in [0, 0.05) is 18.0 Å². The van der Waals surface area contributed by atoms with Crippen molar-refractivity contribution >= 4 is 22.8 Å². The van der Waals surface area contributed by atoms with Crippen LogP contribution >= 0.6 is 0 Å². The van der Waals surface area contributed by atoms with Crippen LogP contribution in [0.1, 0.15) is 11.7 Å². The highest BCUT2D eigenvalue weighted by atomic mass is 16.1. The van der Waals surface area contributed by atoms with Crippen molar-refractivity contribution in [2.24, 2.45) is 10.7 Å². The second kappa shape index (κ2) is 4.66. The van der Waals surface area contributed by atoms with Crippen molar-refractivity contribution in [1.82, 2.24) is 14.5 Å². The Morgan fingerprint density at radius 2 is 2.05 bits per heavy atom. The molecule has 1 atom stereocenters. The molecular formula is C15H12N6O. The molecule has 3 aromatic rings. The first-order chi connectivity index (χ1) is 10.7. The van der Waals surface area contributed by atoms with Crippen molar-refractivity contribution in [3.8, 4) is 0 Å². The molecule has 1 aliphatic heterocycles. The molecule has 0 radical (unpaired) electrons. The minimum atomic E-state index is -0.414. The Labute approximate surface area is 125 Å². The summed E-state index contributed by atoms with van der Waals surface area (Å²) in [4.78, 5) is 24.8. The zero-order valence-electron chi connectivity index (χ0n) is 11.5. The monoisotopic (exact) mass is 292 g/mol. The summed E-state index contributed by atoms with van der Waals surface area (Å²) in [5.74, 6) is 0.598. The van der Waals surface area contributed by atoms with Gasteiger partial charge in [-0.1, -0.05) is 18.2 Å². The fraction of sp³-hybridized carbons (Fsp3) is 0.0667. The van der Waals surface area contributed by atoms with Crippen molar-refractivity contribution < 1.29 is 0 Å². The van der Waals surface area contributed by atoms with Gasteiger partial charge in [0.25, 0.3) is 5.56 Å². The molecule has 0 spiro atoms. The number of para-hydroxylation sites is 1. The van der Waals surface area contributed by atoms with Crippen molar-refractivity contribution in [2.75, 3.05) is 5.32 Å². The predicted molar refractivity (Wildman–Crippen MR) is 83.6 cm³/mol. The smallest absolute Gasteiger partial charge is 0.282 e. The molecule has 108 valence electrons. The van der Waals surface area contributed by atoms with E-state index in [9.17, 15) is 4.79 Å². The van der Waals surface area contributed by atoms with E-state index in [-0.39, 0.29) is 11.5 Å². The van der Waals surface area contributed by atoms with Crippen LogP contribution in [0.15, 0.2) is 58.6 Å². The Morgan fingerprint density at radius 1 is 1.18 bits per heavy atom. The van der Waals surface area contributed by atoms with Crippen LogP contribution in [0, 0.1) is 0 Å². The van der Waals surface area contributed by atoms with Gasteiger partial charge in [-0.3, -0.25) is 19.7 Å². The molecule has 0 amide bonds. The average Bonchev–Trinajstić information content (AvgIpc) is 2.55. The Kier molecular flexibility index (Phi) is 2.65. The van der Waals surface area contributed by atoms with Gasteiger partial charge in [0.05, 0.1) is 10.9 Å². The molecule has 3 N–H and O–H groups in total. The maximum Gasteiger partial charge on any atom is 0.282 e. The molecule has 0 bridgehead atoms. The van der Waals surface area contributed by atoms with E-state index in [2.05, 4.69) is 20.3 Å². The summed E-state index contributed by atoms with van der Waals surface area (Å²) in [6.45, 7) is 0. The van der Waals surface area contributed by atoms with Gasteiger partial charge in [-0.2, -0.15) is 4.98 Å². The molecule has 0 saturated carbocycles. The van der Waals surface area contributed by atoms with Gasteiger partial charge < -0.3 is 5.73 Å². The number of nitrogens with one attached hydrogen (secondary N) is 1. The summed E-state index contributed by atoms with van der Waals surface area (Å²) in [5, 5.41) is 3.39. The predicted octanol–water partition coefficient (Wildman–Crippen LogP) is 1.08. The summed E-state index contributed by atoms with van der Waals surface area (Å²) >= 11 is 0. The number of fused-ring (bicyclic) bond motifs is 3. The third kappa shape index (κ3) is 1.83. The number of aromatic nitrogens is 3. The molecule has 2 aromatic heterocycles. The molecule has 3 heterocycles. The van der Waals surface area contributed by atoms with E-state index >= 15 is 0 Å². The fourth-order valence-corrected chi connectivity index (χ4v) is 2.61. The van der Waals surface area contributed by atoms with Crippen LogP contribution in [0.2, 0.25) is 0 Å². The minimum absolute atomic E-state index is 0.219. The summed E-state index contributed by atoms with van der Waals surface area (Å²) in [5.41, 5.74) is 7.15. The van der Waals surface area contributed by atoms with Gasteiger partial charge in [0.15, 0.2) is 12.1 Å². The van der Waals surface area contributed by atoms with E-state index in [0.29, 0.717) is 11.3 Å². The van der Waals surface area contributed by atoms with Crippen LogP contribution in [-0.4, -0.2) is 20.5 Å². The summed E-state index contributed by atoms with van der Waals surface area (Å²) in [6, 6.07) is 11.0. The van der Waals surface area contributed by atoms with Gasteiger partial charge in [-0.25, -0.2) is 4.99 Å². The van der Waals surface area contributed by atoms with Gasteiger partial charge >= 0.3 is 0 Å². The molecule has 0 unspecified atom stereocenters. The lowest BCUT2D eigenvalue weighted by atomic mass is 10.2. The third-order valence-electron chi connectivity index (χ3n) is 3.56. The Morgan fingerprint density at radius 3 is 2.86 bits per heavy atom. The molecule has 4 rings (SSSR count). The van der Waals surface area contributed by atoms with Crippen molar-refractivity contribution in [2.45, 2.75) is 6.17 Å². The Balaban J connectivity index is 2.06. The molecule has 7 heteroatoms. The number of guanidine groups is 1. The molecule has 1 aromatic carbocycles. The zero-order valence-corrected chi connectivity index (χ0v) is 11.5. The van der Waals surface area contributed by atoms with E-state index in [1.165, 1.54) is 0 Å². The summed E-state index contributed by atoms with van der Waals surface area (Å²) in [6.07, 6.45) is 3.01. The maximum absolute atomic E-state index is 12.1. The largest absolute Gasteiger partial charge is 0.370 e. The second-order valence-corrected chi connectivity index (χ2v) is 4.93. The van der Waals surface area contributed by atoms with Crippen LogP contribution in [0.5, 0.6) is 0 Å². The van der Waals surface area contributed by atoms with Crippen molar-refractivity contribution in [3.05, 3.63) is 64.7 Å². The first-order valence-corrected chi connectivity index (χ1v) is 6.75. The van der Waals surface area contributed by atoms with Gasteiger partial charge in [-0.15, -0.1) is 0 Å². The van der Waals surface area contributed by atoms with Gasteiger partial charge in [0.1, 0.15) is 0 Å². The quantitative estimate of drug-likeness (QED) is 0.699. The normalized spacial score (nSPS) is 16.7. The lowest BCUT2D eigenvalue weighted by Crippen LogP contribution is -2.34. The standard InChI is InChI=1S/C15H12N6O/c16-14-18-12(9-4-3-7-17-8-9)21-11-6-2-1-5-10(11)13(22)19-15(21)20-14/h1-8,12H,(H3,16,18,19,20,22)/t12-/m1/s1. The molecule has 0 saturated heterocycles. The number of pyridine rings is 1. The number of anilines is 1. The van der Waals surface area contributed by atoms with E-state index in [1.54, 1.807) is 18.5 Å². The number of aliphatic imine (C=N–C) groups is 1. The van der Waals surface area contributed by atoms with Crippen molar-refractivity contribution in [3.63, 3.8) is 0 Å². The van der Waals surface area contributed by atoms with Crippen molar-refractivity contribution in [1.29, 1.82) is 0 Å². The first kappa shape index (κ1) is 12.5. The number of hydrogen-bond donors (Lipinski definition) is 2. The number of benzene rings is 1. The molecule has 22 heavy (non-hydrogen) atoms. The fourth-order valence-electron chi connectivity index (χ4n) is 2.61. The maximum atomic E-state index is 12.1. The zero-order chi connectivity index (χ0) is 15.1. The van der Waals surface area contributed by atoms with Crippen LogP contribution in [0.3, 0.4) is 0 Å². The van der Waals surface area contributed by atoms with Gasteiger partial charge in [0.2, 0.25) is 5.95 Å². The van der Waals surface area contributed by atoms with E-state index < -0.39 is 6.17 Å². The highest BCUT2D eigenvalue weighted by molar-refractivity contribution is 5.93. The molecular weight excluding hydrogens is 280 g/mol. The van der Waals surface area contributed by atoms with Crippen LogP contribution in [0.4, 0.5) is 5.95 Å². The third-order valence-corrected chi connectivity index (χ3v) is 3.56. The molecule has 0 fully saturated rings. The first-order valence-electron chi connectivity index (χ1n) is 6.75. The molecule has 1 aliphatic rings.